The summed E-state index contributed by atoms with van der Waals surface area (Å²) < 4.78 is 0. The fraction of sp³-hybridized carbons (Fsp3) is 0.353. The Bertz CT molecular complexity index is 718. The molecule has 0 saturated carbocycles. The monoisotopic (exact) mass is 345 g/mol. The molecule has 1 aliphatic heterocycles. The number of benzene rings is 1. The van der Waals surface area contributed by atoms with Gasteiger partial charge < -0.3 is 10.2 Å². The van der Waals surface area contributed by atoms with Gasteiger partial charge in [-0.1, -0.05) is 12.1 Å². The summed E-state index contributed by atoms with van der Waals surface area (Å²) in [5.74, 6) is 0.0924. The molecule has 1 N–H and O–H groups in total. The van der Waals surface area contributed by atoms with Crippen LogP contribution in [0, 0.1) is 10.1 Å². The molecule has 3 rings (SSSR count). The largest absolute Gasteiger partial charge is 0.379 e. The van der Waals surface area contributed by atoms with E-state index in [-0.39, 0.29) is 17.6 Å². The summed E-state index contributed by atoms with van der Waals surface area (Å²) >= 11 is 1.65. The third-order valence-electron chi connectivity index (χ3n) is 4.26. The van der Waals surface area contributed by atoms with Crippen molar-refractivity contribution in [2.24, 2.45) is 0 Å². The molecule has 0 bridgehead atoms. The highest BCUT2D eigenvalue weighted by atomic mass is 32.1. The van der Waals surface area contributed by atoms with Crippen molar-refractivity contribution >= 4 is 28.6 Å². The smallest absolute Gasteiger partial charge is 0.292 e. The van der Waals surface area contributed by atoms with Gasteiger partial charge in [-0.15, -0.1) is 0 Å². The Labute approximate surface area is 144 Å². The van der Waals surface area contributed by atoms with E-state index < -0.39 is 4.92 Å². The summed E-state index contributed by atoms with van der Waals surface area (Å²) in [5.41, 5.74) is 1.69. The summed E-state index contributed by atoms with van der Waals surface area (Å²) in [4.78, 5) is 25.0. The maximum Gasteiger partial charge on any atom is 0.292 e. The van der Waals surface area contributed by atoms with Gasteiger partial charge in [-0.3, -0.25) is 14.9 Å². The number of carbonyl (C=O) groups excluding carboxylic acids is 1. The van der Waals surface area contributed by atoms with Crippen LogP contribution in [-0.2, 0) is 4.79 Å². The van der Waals surface area contributed by atoms with Crippen molar-refractivity contribution in [2.75, 3.05) is 18.4 Å². The molecule has 6 nitrogen and oxygen atoms in total. The Morgan fingerprint density at radius 2 is 2.21 bits per heavy atom. The Balaban J connectivity index is 1.57. The molecule has 1 saturated heterocycles. The van der Waals surface area contributed by atoms with Crippen molar-refractivity contribution in [3.05, 3.63) is 56.8 Å². The highest BCUT2D eigenvalue weighted by Gasteiger charge is 2.29. The van der Waals surface area contributed by atoms with Gasteiger partial charge in [-0.05, 0) is 41.3 Å². The van der Waals surface area contributed by atoms with Crippen LogP contribution in [0.5, 0.6) is 0 Å². The number of para-hydroxylation sites is 2. The van der Waals surface area contributed by atoms with Crippen molar-refractivity contribution in [2.45, 2.75) is 25.3 Å². The molecule has 126 valence electrons. The van der Waals surface area contributed by atoms with E-state index in [1.165, 1.54) is 11.6 Å². The van der Waals surface area contributed by atoms with Gasteiger partial charge in [-0.25, -0.2) is 0 Å². The number of hydrogen-bond donors (Lipinski definition) is 1. The molecule has 2 heterocycles. The first-order chi connectivity index (χ1) is 11.7. The van der Waals surface area contributed by atoms with Crippen LogP contribution in [0.4, 0.5) is 11.4 Å². The summed E-state index contributed by atoms with van der Waals surface area (Å²) in [7, 11) is 0. The molecular weight excluding hydrogens is 326 g/mol. The van der Waals surface area contributed by atoms with E-state index in [0.717, 1.165) is 19.4 Å². The lowest BCUT2D eigenvalue weighted by Gasteiger charge is -2.24. The summed E-state index contributed by atoms with van der Waals surface area (Å²) in [6.45, 7) is 1.17. The third kappa shape index (κ3) is 3.56. The highest BCUT2D eigenvalue weighted by Crippen LogP contribution is 2.33. The van der Waals surface area contributed by atoms with Gasteiger partial charge >= 0.3 is 0 Å². The molecular formula is C17H19N3O3S. The van der Waals surface area contributed by atoms with Crippen molar-refractivity contribution in [1.29, 1.82) is 0 Å². The molecule has 1 aromatic carbocycles. The number of likely N-dealkylation sites (tertiary alicyclic amines) is 1. The second-order valence-corrected chi connectivity index (χ2v) is 6.53. The maximum absolute atomic E-state index is 12.5. The Morgan fingerprint density at radius 1 is 1.38 bits per heavy atom. The minimum absolute atomic E-state index is 0.0299. The van der Waals surface area contributed by atoms with Crippen LogP contribution in [0.1, 0.15) is 30.9 Å². The van der Waals surface area contributed by atoms with Crippen LogP contribution >= 0.6 is 11.3 Å². The molecule has 0 radical (unpaired) electrons. The molecule has 1 atom stereocenters. The summed E-state index contributed by atoms with van der Waals surface area (Å²) in [5, 5.41) is 18.1. The van der Waals surface area contributed by atoms with E-state index in [2.05, 4.69) is 16.8 Å². The minimum Gasteiger partial charge on any atom is -0.379 e. The number of hydrogen-bond acceptors (Lipinski definition) is 5. The first-order valence-corrected chi connectivity index (χ1v) is 8.90. The van der Waals surface area contributed by atoms with E-state index in [0.29, 0.717) is 18.7 Å². The van der Waals surface area contributed by atoms with Gasteiger partial charge in [0.05, 0.1) is 11.0 Å². The highest BCUT2D eigenvalue weighted by molar-refractivity contribution is 7.07. The van der Waals surface area contributed by atoms with Gasteiger partial charge in [0.1, 0.15) is 5.69 Å². The first-order valence-electron chi connectivity index (χ1n) is 7.95. The van der Waals surface area contributed by atoms with Gasteiger partial charge in [0.25, 0.3) is 5.69 Å². The van der Waals surface area contributed by atoms with E-state index in [4.69, 9.17) is 0 Å². The molecule has 1 unspecified atom stereocenters. The molecule has 2 aromatic rings. The van der Waals surface area contributed by atoms with Crippen LogP contribution in [0.2, 0.25) is 0 Å². The summed E-state index contributed by atoms with van der Waals surface area (Å²) in [6, 6.07) is 8.74. The predicted octanol–water partition coefficient (Wildman–Crippen LogP) is 3.82. The van der Waals surface area contributed by atoms with Crippen molar-refractivity contribution in [3.63, 3.8) is 0 Å². The quantitative estimate of drug-likeness (QED) is 0.638. The summed E-state index contributed by atoms with van der Waals surface area (Å²) in [6.07, 6.45) is 2.34. The Morgan fingerprint density at radius 3 is 2.96 bits per heavy atom. The lowest BCUT2D eigenvalue weighted by atomic mass is 10.1. The topological polar surface area (TPSA) is 75.5 Å². The number of thiophene rings is 1. The maximum atomic E-state index is 12.5. The Kier molecular flexibility index (Phi) is 5.10. The fourth-order valence-electron chi connectivity index (χ4n) is 3.11. The van der Waals surface area contributed by atoms with Crippen molar-refractivity contribution in [1.82, 2.24) is 4.90 Å². The van der Waals surface area contributed by atoms with Gasteiger partial charge in [0.15, 0.2) is 0 Å². The van der Waals surface area contributed by atoms with E-state index >= 15 is 0 Å². The van der Waals surface area contributed by atoms with Crippen LogP contribution in [0.15, 0.2) is 41.1 Å². The number of nitro groups is 1. The third-order valence-corrected chi connectivity index (χ3v) is 4.96. The van der Waals surface area contributed by atoms with E-state index in [1.807, 2.05) is 10.3 Å². The Hall–Kier alpha value is -2.41. The molecule has 7 heteroatoms. The van der Waals surface area contributed by atoms with Crippen LogP contribution < -0.4 is 5.32 Å². The average molecular weight is 345 g/mol. The first kappa shape index (κ1) is 16.4. The number of nitrogens with zero attached hydrogens (tertiary/aromatic N) is 2. The van der Waals surface area contributed by atoms with E-state index in [1.54, 1.807) is 29.5 Å². The number of rotatable bonds is 6. The fourth-order valence-corrected chi connectivity index (χ4v) is 3.81. The van der Waals surface area contributed by atoms with E-state index in [9.17, 15) is 14.9 Å². The molecule has 0 spiro atoms. The average Bonchev–Trinajstić information content (AvgIpc) is 3.26. The molecule has 1 amide bonds. The van der Waals surface area contributed by atoms with Crippen LogP contribution in [-0.4, -0.2) is 28.8 Å². The van der Waals surface area contributed by atoms with Gasteiger partial charge in [-0.2, -0.15) is 11.3 Å². The number of carbonyl (C=O) groups is 1. The zero-order valence-electron chi connectivity index (χ0n) is 13.2. The van der Waals surface area contributed by atoms with Crippen molar-refractivity contribution < 1.29 is 9.72 Å². The zero-order chi connectivity index (χ0) is 16.9. The molecule has 1 fully saturated rings. The minimum atomic E-state index is -0.419. The lowest BCUT2D eigenvalue weighted by Crippen LogP contribution is -2.31. The number of nitro benzene ring substituents is 1. The normalized spacial score (nSPS) is 17.0. The molecule has 1 aliphatic rings. The second kappa shape index (κ2) is 7.44. The number of anilines is 1. The van der Waals surface area contributed by atoms with Crippen LogP contribution in [0.3, 0.4) is 0 Å². The standard InChI is InChI=1S/C17H19N3O3S/c21-17(19-10-3-6-15(19)13-8-11-24-12-13)7-9-18-14-4-1-2-5-16(14)20(22)23/h1-2,4-5,8,11-12,15,18H,3,6-7,9-10H2. The van der Waals surface area contributed by atoms with Gasteiger partial charge in [0, 0.05) is 25.6 Å². The van der Waals surface area contributed by atoms with Crippen molar-refractivity contribution in [3.8, 4) is 0 Å². The van der Waals surface area contributed by atoms with Crippen LogP contribution in [0.25, 0.3) is 0 Å². The van der Waals surface area contributed by atoms with Gasteiger partial charge in [0.2, 0.25) is 5.91 Å². The number of nitrogens with one attached hydrogen (secondary N) is 1. The SMILES string of the molecule is O=C(CCNc1ccccc1[N+](=O)[O-])N1CCCC1c1ccsc1. The predicted molar refractivity (Wildman–Crippen MR) is 94.2 cm³/mol. The lowest BCUT2D eigenvalue weighted by molar-refractivity contribution is -0.384. The second-order valence-electron chi connectivity index (χ2n) is 5.75. The molecule has 1 aromatic heterocycles. The molecule has 24 heavy (non-hydrogen) atoms. The zero-order valence-corrected chi connectivity index (χ0v) is 14.0. The molecule has 0 aliphatic carbocycles. The number of amides is 1.